The van der Waals surface area contributed by atoms with Crippen LogP contribution in [0.1, 0.15) is 58.3 Å². The monoisotopic (exact) mass is 364 g/mol. The lowest BCUT2D eigenvalue weighted by Gasteiger charge is -2.16. The van der Waals surface area contributed by atoms with Crippen molar-refractivity contribution in [1.29, 1.82) is 0 Å². The number of unbranched alkanes of at least 4 members (excludes halogenated alkanes) is 2. The third-order valence-electron chi connectivity index (χ3n) is 4.60. The Morgan fingerprint density at radius 1 is 1.23 bits per heavy atom. The molecule has 4 atom stereocenters. The summed E-state index contributed by atoms with van der Waals surface area (Å²) in [7, 11) is 0. The van der Waals surface area contributed by atoms with Crippen molar-refractivity contribution in [3.63, 3.8) is 0 Å². The van der Waals surface area contributed by atoms with Gasteiger partial charge in [-0.15, -0.1) is 0 Å². The minimum absolute atomic E-state index is 0.0609. The van der Waals surface area contributed by atoms with Gasteiger partial charge < -0.3 is 15.3 Å². The maximum Gasteiger partial charge on any atom is 0.303 e. The summed E-state index contributed by atoms with van der Waals surface area (Å²) in [4.78, 5) is 22.6. The minimum atomic E-state index is -0.801. The molecule has 0 aromatic carbocycles. The van der Waals surface area contributed by atoms with Crippen LogP contribution < -0.4 is 0 Å². The number of hydrogen-bond acceptors (Lipinski definition) is 4. The predicted molar refractivity (Wildman–Crippen MR) is 102 cm³/mol. The molecule has 1 fully saturated rings. The molecule has 1 rings (SSSR count). The van der Waals surface area contributed by atoms with Gasteiger partial charge in [-0.05, 0) is 32.1 Å². The molecule has 0 saturated heterocycles. The third-order valence-corrected chi connectivity index (χ3v) is 4.60. The van der Waals surface area contributed by atoms with Gasteiger partial charge in [0.15, 0.2) is 0 Å². The van der Waals surface area contributed by atoms with Crippen molar-refractivity contribution in [3.05, 3.63) is 36.5 Å². The van der Waals surface area contributed by atoms with E-state index in [-0.39, 0.29) is 30.5 Å². The van der Waals surface area contributed by atoms with E-state index in [9.17, 15) is 19.8 Å². The zero-order chi connectivity index (χ0) is 19.4. The van der Waals surface area contributed by atoms with E-state index in [1.807, 2.05) is 30.4 Å². The average Bonchev–Trinajstić information content (AvgIpc) is 2.84. The maximum absolute atomic E-state index is 12.1. The van der Waals surface area contributed by atoms with Crippen molar-refractivity contribution in [3.8, 4) is 0 Å². The number of Topliss-reactive ketones (excluding diaryl/α,β-unsaturated/α-hetero) is 1. The number of rotatable bonds is 12. The van der Waals surface area contributed by atoms with E-state index in [4.69, 9.17) is 5.11 Å². The fraction of sp³-hybridized carbons (Fsp3) is 0.619. The summed E-state index contributed by atoms with van der Waals surface area (Å²) in [6.45, 7) is 2.08. The van der Waals surface area contributed by atoms with E-state index in [0.29, 0.717) is 25.7 Å². The first-order valence-electron chi connectivity index (χ1n) is 9.54. The Hall–Kier alpha value is -1.72. The molecule has 26 heavy (non-hydrogen) atoms. The molecule has 3 N–H and O–H groups in total. The topological polar surface area (TPSA) is 94.8 Å². The molecule has 0 bridgehead atoms. The van der Waals surface area contributed by atoms with Gasteiger partial charge in [0.25, 0.3) is 0 Å². The highest BCUT2D eigenvalue weighted by Crippen LogP contribution is 2.33. The van der Waals surface area contributed by atoms with Gasteiger partial charge in [-0.25, -0.2) is 0 Å². The first-order chi connectivity index (χ1) is 12.5. The molecule has 1 aliphatic carbocycles. The Labute approximate surface area is 156 Å². The molecule has 5 nitrogen and oxygen atoms in total. The smallest absolute Gasteiger partial charge is 0.303 e. The second kappa shape index (κ2) is 12.6. The zero-order valence-corrected chi connectivity index (χ0v) is 15.6. The van der Waals surface area contributed by atoms with Gasteiger partial charge in [0.2, 0.25) is 0 Å². The third kappa shape index (κ3) is 8.59. The molecule has 0 aliphatic heterocycles. The number of aliphatic hydroxyl groups excluding tert-OH is 2. The quantitative estimate of drug-likeness (QED) is 0.364. The van der Waals surface area contributed by atoms with Crippen molar-refractivity contribution >= 4 is 11.8 Å². The summed E-state index contributed by atoms with van der Waals surface area (Å²) in [5.74, 6) is -1.21. The summed E-state index contributed by atoms with van der Waals surface area (Å²) in [5, 5.41) is 28.6. The first-order valence-corrected chi connectivity index (χ1v) is 9.54. The summed E-state index contributed by atoms with van der Waals surface area (Å²) in [6, 6.07) is 0. The summed E-state index contributed by atoms with van der Waals surface area (Å²) in [5.41, 5.74) is 0. The summed E-state index contributed by atoms with van der Waals surface area (Å²) in [6.07, 6.45) is 14.6. The number of carbonyl (C=O) groups excluding carboxylic acids is 1. The number of aliphatic hydroxyl groups is 2. The zero-order valence-electron chi connectivity index (χ0n) is 15.6. The van der Waals surface area contributed by atoms with Crippen LogP contribution in [0.2, 0.25) is 0 Å². The van der Waals surface area contributed by atoms with Crippen molar-refractivity contribution in [2.24, 2.45) is 11.8 Å². The summed E-state index contributed by atoms with van der Waals surface area (Å²) >= 11 is 0. The van der Waals surface area contributed by atoms with E-state index in [2.05, 4.69) is 6.92 Å². The van der Waals surface area contributed by atoms with Gasteiger partial charge in [0.05, 0.1) is 12.2 Å². The highest BCUT2D eigenvalue weighted by atomic mass is 16.4. The van der Waals surface area contributed by atoms with Crippen molar-refractivity contribution in [2.45, 2.75) is 70.5 Å². The number of carboxylic acids is 1. The Balaban J connectivity index is 2.48. The maximum atomic E-state index is 12.1. The number of carbonyl (C=O) groups is 2. The normalized spacial score (nSPS) is 25.0. The Morgan fingerprint density at radius 3 is 2.69 bits per heavy atom. The van der Waals surface area contributed by atoms with Crippen LogP contribution in [0.25, 0.3) is 0 Å². The molecule has 1 unspecified atom stereocenters. The molecule has 0 heterocycles. The largest absolute Gasteiger partial charge is 0.481 e. The van der Waals surface area contributed by atoms with Crippen LogP contribution >= 0.6 is 0 Å². The van der Waals surface area contributed by atoms with Crippen LogP contribution in [0.15, 0.2) is 36.5 Å². The lowest BCUT2D eigenvalue weighted by molar-refractivity contribution is -0.137. The highest BCUT2D eigenvalue weighted by molar-refractivity contribution is 5.84. The second-order valence-corrected chi connectivity index (χ2v) is 6.86. The van der Waals surface area contributed by atoms with Gasteiger partial charge in [-0.1, -0.05) is 49.8 Å². The molecule has 0 radical (unpaired) electrons. The molecule has 5 heteroatoms. The van der Waals surface area contributed by atoms with Crippen LogP contribution in [0.4, 0.5) is 0 Å². The van der Waals surface area contributed by atoms with E-state index >= 15 is 0 Å². The van der Waals surface area contributed by atoms with E-state index in [1.54, 1.807) is 6.08 Å². The van der Waals surface area contributed by atoms with Gasteiger partial charge in [0.1, 0.15) is 5.78 Å². The molecule has 0 aromatic heterocycles. The number of hydrogen-bond donors (Lipinski definition) is 3. The van der Waals surface area contributed by atoms with Crippen LogP contribution in [0, 0.1) is 11.8 Å². The lowest BCUT2D eigenvalue weighted by atomic mass is 9.90. The molecule has 146 valence electrons. The molecule has 0 aromatic rings. The fourth-order valence-corrected chi connectivity index (χ4v) is 3.13. The van der Waals surface area contributed by atoms with E-state index < -0.39 is 18.2 Å². The van der Waals surface area contributed by atoms with Crippen molar-refractivity contribution in [1.82, 2.24) is 0 Å². The SMILES string of the molecule is CCC/C=C/C(O)C/C=C/[C@H]1[C@H](O)CC(=O)[C@@H]1C/C=C\CCCC(=O)O. The number of allylic oxidation sites excluding steroid dienone is 3. The van der Waals surface area contributed by atoms with E-state index in [1.165, 1.54) is 0 Å². The minimum Gasteiger partial charge on any atom is -0.481 e. The molecular formula is C21H32O5. The molecule has 0 spiro atoms. The Kier molecular flexibility index (Phi) is 10.8. The van der Waals surface area contributed by atoms with Crippen LogP contribution in [-0.4, -0.2) is 39.3 Å². The molecule has 1 aliphatic rings. The van der Waals surface area contributed by atoms with Crippen molar-refractivity contribution < 1.29 is 24.9 Å². The fourth-order valence-electron chi connectivity index (χ4n) is 3.13. The van der Waals surface area contributed by atoms with Gasteiger partial charge >= 0.3 is 5.97 Å². The predicted octanol–water partition coefficient (Wildman–Crippen LogP) is 3.42. The standard InChI is InChI=1S/C21H32O5/c1-2-3-6-10-16(22)11-9-13-18-17(19(23)15-20(18)24)12-7-4-5-8-14-21(25)26/h4,6-7,9-10,13,16-18,20,22,24H,2-3,5,8,11-12,14-15H2,1H3,(H,25,26)/b7-4-,10-6+,13-9+/t16?,17-,18-,20-/m1/s1. The molecular weight excluding hydrogens is 332 g/mol. The summed E-state index contributed by atoms with van der Waals surface area (Å²) < 4.78 is 0. The van der Waals surface area contributed by atoms with Gasteiger partial charge in [-0.3, -0.25) is 9.59 Å². The molecule has 0 amide bonds. The first kappa shape index (κ1) is 22.3. The Bertz CT molecular complexity index is 520. The average molecular weight is 364 g/mol. The number of carboxylic acid groups (broad SMARTS) is 1. The van der Waals surface area contributed by atoms with Crippen LogP contribution in [0.3, 0.4) is 0 Å². The molecule has 1 saturated carbocycles. The Morgan fingerprint density at radius 2 is 2.00 bits per heavy atom. The lowest BCUT2D eigenvalue weighted by Crippen LogP contribution is -2.18. The highest BCUT2D eigenvalue weighted by Gasteiger charge is 2.38. The second-order valence-electron chi connectivity index (χ2n) is 6.86. The number of aliphatic carboxylic acids is 1. The van der Waals surface area contributed by atoms with Crippen LogP contribution in [-0.2, 0) is 9.59 Å². The van der Waals surface area contributed by atoms with Gasteiger partial charge in [0, 0.05) is 24.7 Å². The number of ketones is 1. The van der Waals surface area contributed by atoms with Crippen molar-refractivity contribution in [2.75, 3.05) is 0 Å². The van der Waals surface area contributed by atoms with Gasteiger partial charge in [-0.2, -0.15) is 0 Å². The van der Waals surface area contributed by atoms with Crippen LogP contribution in [0.5, 0.6) is 0 Å². The van der Waals surface area contributed by atoms with E-state index in [0.717, 1.165) is 12.8 Å².